The number of nitrogens with zero attached hydrogens (tertiary/aromatic N) is 4. The minimum absolute atomic E-state index is 0.0623. The van der Waals surface area contributed by atoms with Crippen molar-refractivity contribution in [2.75, 3.05) is 45.1 Å². The molecule has 0 aliphatic carbocycles. The summed E-state index contributed by atoms with van der Waals surface area (Å²) >= 11 is 1.46. The molecule has 11 heteroatoms. The number of hydrogen-bond donors (Lipinski definition) is 1. The zero-order valence-electron chi connectivity index (χ0n) is 20.9. The number of rotatable bonds is 7. The van der Waals surface area contributed by atoms with Gasteiger partial charge in [0.2, 0.25) is 0 Å². The fraction of sp³-hybridized carbons (Fsp3) is 0.308. The Morgan fingerprint density at radius 1 is 1.14 bits per heavy atom. The average molecular weight is 542 g/mol. The Balaban J connectivity index is 1.42. The van der Waals surface area contributed by atoms with Crippen molar-refractivity contribution in [3.63, 3.8) is 0 Å². The predicted octanol–water partition coefficient (Wildman–Crippen LogP) is 4.36. The van der Waals surface area contributed by atoms with Crippen LogP contribution in [0.2, 0.25) is 0 Å². The Labute approximate surface area is 219 Å². The highest BCUT2D eigenvalue weighted by atomic mass is 32.2. The number of pyridine rings is 1. The van der Waals surface area contributed by atoms with Gasteiger partial charge in [-0.3, -0.25) is 9.62 Å². The number of nitrogens with one attached hydrogen (secondary N) is 1. The molecule has 0 saturated carbocycles. The van der Waals surface area contributed by atoms with E-state index in [0.717, 1.165) is 71.3 Å². The first kappa shape index (κ1) is 25.5. The molecule has 0 amide bonds. The minimum Gasteiger partial charge on any atom is -0.495 e. The molecule has 194 valence electrons. The van der Waals surface area contributed by atoms with E-state index in [0.29, 0.717) is 11.3 Å². The van der Waals surface area contributed by atoms with Crippen LogP contribution in [0.4, 0.5) is 10.1 Å². The van der Waals surface area contributed by atoms with Crippen molar-refractivity contribution in [1.82, 2.24) is 19.8 Å². The van der Waals surface area contributed by atoms with Crippen molar-refractivity contribution in [1.29, 1.82) is 0 Å². The fourth-order valence-electron chi connectivity index (χ4n) is 4.37. The first-order chi connectivity index (χ1) is 17.7. The number of benzene rings is 2. The molecule has 37 heavy (non-hydrogen) atoms. The van der Waals surface area contributed by atoms with Crippen molar-refractivity contribution in [2.45, 2.75) is 18.4 Å². The number of hydrogen-bond acceptors (Lipinski definition) is 8. The van der Waals surface area contributed by atoms with Crippen LogP contribution in [0.3, 0.4) is 0 Å². The molecule has 1 aliphatic rings. The first-order valence-corrected chi connectivity index (χ1v) is 14.2. The van der Waals surface area contributed by atoms with Gasteiger partial charge in [-0.15, -0.1) is 0 Å². The van der Waals surface area contributed by atoms with Crippen molar-refractivity contribution in [2.24, 2.45) is 0 Å². The van der Waals surface area contributed by atoms with Crippen molar-refractivity contribution in [3.8, 4) is 16.3 Å². The summed E-state index contributed by atoms with van der Waals surface area (Å²) in [5.74, 6) is -0.604. The highest BCUT2D eigenvalue weighted by Crippen LogP contribution is 2.35. The molecule has 3 heterocycles. The minimum atomic E-state index is -4.10. The monoisotopic (exact) mass is 541 g/mol. The molecule has 0 atom stereocenters. The smallest absolute Gasteiger partial charge is 0.265 e. The lowest BCUT2D eigenvalue weighted by Gasteiger charge is -2.32. The summed E-state index contributed by atoms with van der Waals surface area (Å²) in [6.45, 7) is 6.84. The molecule has 1 aliphatic heterocycles. The van der Waals surface area contributed by atoms with Gasteiger partial charge in [-0.2, -0.15) is 0 Å². The quantitative estimate of drug-likeness (QED) is 0.372. The number of piperazine rings is 1. The molecule has 1 saturated heterocycles. The van der Waals surface area contributed by atoms with Crippen LogP contribution in [-0.2, 0) is 16.6 Å². The predicted molar refractivity (Wildman–Crippen MR) is 144 cm³/mol. The van der Waals surface area contributed by atoms with E-state index in [9.17, 15) is 12.8 Å². The molecule has 1 N–H and O–H groups in total. The van der Waals surface area contributed by atoms with E-state index >= 15 is 0 Å². The third-order valence-corrected chi connectivity index (χ3v) is 8.93. The van der Waals surface area contributed by atoms with E-state index in [2.05, 4.69) is 32.6 Å². The molecule has 2 aromatic heterocycles. The van der Waals surface area contributed by atoms with E-state index in [1.54, 1.807) is 12.1 Å². The molecule has 4 aromatic rings. The lowest BCUT2D eigenvalue weighted by atomic mass is 10.1. The van der Waals surface area contributed by atoms with Crippen LogP contribution >= 0.6 is 11.3 Å². The van der Waals surface area contributed by atoms with Crippen molar-refractivity contribution < 1.29 is 17.5 Å². The van der Waals surface area contributed by atoms with Gasteiger partial charge in [0.15, 0.2) is 0 Å². The van der Waals surface area contributed by atoms with Gasteiger partial charge in [0.1, 0.15) is 31.8 Å². The number of anilines is 1. The third-order valence-electron chi connectivity index (χ3n) is 6.53. The third kappa shape index (κ3) is 5.45. The van der Waals surface area contributed by atoms with E-state index in [4.69, 9.17) is 9.72 Å². The Kier molecular flexibility index (Phi) is 7.13. The molecule has 2 aromatic carbocycles. The molecular weight excluding hydrogens is 513 g/mol. The summed E-state index contributed by atoms with van der Waals surface area (Å²) in [5, 5.41) is 0.751. The number of thiazole rings is 1. The molecular formula is C26H28FN5O3S2. The standard InChI is InChI=1S/C26H28FN5O3S2/c1-17-20(5-4-6-21(17)30-37(33,34)24-14-19(27)7-8-23(24)35-3)25-29-22-13-18(15-28-26(22)36-25)16-32-11-9-31(2)10-12-32/h4-8,13-15,30H,9-12,16H2,1-3H3. The Hall–Kier alpha value is -3.12. The fourth-order valence-corrected chi connectivity index (χ4v) is 6.65. The molecule has 8 nitrogen and oxygen atoms in total. The van der Waals surface area contributed by atoms with Gasteiger partial charge < -0.3 is 9.64 Å². The molecule has 0 radical (unpaired) electrons. The SMILES string of the molecule is COc1ccc(F)cc1S(=O)(=O)Nc1cccc(-c2nc3cc(CN4CCN(C)CC4)cnc3s2)c1C. The molecule has 0 spiro atoms. The number of ether oxygens (including phenoxy) is 1. The van der Waals surface area contributed by atoms with Crippen LogP contribution in [-0.4, -0.2) is 68.5 Å². The van der Waals surface area contributed by atoms with Gasteiger partial charge in [0.05, 0.1) is 12.8 Å². The van der Waals surface area contributed by atoms with Gasteiger partial charge in [-0.25, -0.2) is 22.8 Å². The number of likely N-dealkylation sites (N-methyl/N-ethyl adjacent to an activating group) is 1. The molecule has 5 rings (SSSR count). The van der Waals surface area contributed by atoms with Gasteiger partial charge >= 0.3 is 0 Å². The van der Waals surface area contributed by atoms with Crippen LogP contribution in [0.15, 0.2) is 53.6 Å². The Morgan fingerprint density at radius 2 is 1.92 bits per heavy atom. The molecule has 0 unspecified atom stereocenters. The Morgan fingerprint density at radius 3 is 2.68 bits per heavy atom. The number of fused-ring (bicyclic) bond motifs is 1. The zero-order valence-corrected chi connectivity index (χ0v) is 22.5. The summed E-state index contributed by atoms with van der Waals surface area (Å²) in [6, 6.07) is 10.8. The van der Waals surface area contributed by atoms with Crippen LogP contribution in [0.1, 0.15) is 11.1 Å². The number of aromatic nitrogens is 2. The topological polar surface area (TPSA) is 87.7 Å². The summed E-state index contributed by atoms with van der Waals surface area (Å²) in [5.41, 5.74) is 3.83. The van der Waals surface area contributed by atoms with Gasteiger partial charge in [-0.05, 0) is 55.4 Å². The lowest BCUT2D eigenvalue weighted by molar-refractivity contribution is 0.148. The first-order valence-electron chi connectivity index (χ1n) is 11.9. The molecule has 1 fully saturated rings. The lowest BCUT2D eigenvalue weighted by Crippen LogP contribution is -2.43. The summed E-state index contributed by atoms with van der Waals surface area (Å²) in [7, 11) is -0.616. The van der Waals surface area contributed by atoms with Gasteiger partial charge in [0, 0.05) is 44.5 Å². The van der Waals surface area contributed by atoms with Crippen LogP contribution in [0.25, 0.3) is 20.9 Å². The average Bonchev–Trinajstić information content (AvgIpc) is 3.30. The maximum Gasteiger partial charge on any atom is 0.265 e. The van der Waals surface area contributed by atoms with Crippen LogP contribution in [0, 0.1) is 12.7 Å². The van der Waals surface area contributed by atoms with E-state index in [1.807, 2.05) is 19.2 Å². The van der Waals surface area contributed by atoms with Crippen molar-refractivity contribution in [3.05, 3.63) is 65.6 Å². The van der Waals surface area contributed by atoms with E-state index in [1.165, 1.54) is 24.5 Å². The van der Waals surface area contributed by atoms with Crippen molar-refractivity contribution >= 4 is 37.4 Å². The number of sulfonamides is 1. The summed E-state index contributed by atoms with van der Waals surface area (Å²) < 4.78 is 47.8. The van der Waals surface area contributed by atoms with Gasteiger partial charge in [0.25, 0.3) is 10.0 Å². The summed E-state index contributed by atoms with van der Waals surface area (Å²) in [4.78, 5) is 14.8. The highest BCUT2D eigenvalue weighted by molar-refractivity contribution is 7.92. The normalized spacial score (nSPS) is 15.2. The van der Waals surface area contributed by atoms with Gasteiger partial charge in [-0.1, -0.05) is 23.5 Å². The zero-order chi connectivity index (χ0) is 26.2. The molecule has 0 bridgehead atoms. The number of methoxy groups -OCH3 is 1. The van der Waals surface area contributed by atoms with Crippen LogP contribution in [0.5, 0.6) is 5.75 Å². The largest absolute Gasteiger partial charge is 0.495 e. The maximum absolute atomic E-state index is 13.8. The Bertz CT molecular complexity index is 1550. The number of halogens is 1. The van der Waals surface area contributed by atoms with E-state index in [-0.39, 0.29) is 10.6 Å². The van der Waals surface area contributed by atoms with E-state index < -0.39 is 15.8 Å². The highest BCUT2D eigenvalue weighted by Gasteiger charge is 2.23. The second-order valence-corrected chi connectivity index (χ2v) is 11.8. The maximum atomic E-state index is 13.8. The second-order valence-electron chi connectivity index (χ2n) is 9.15. The summed E-state index contributed by atoms with van der Waals surface area (Å²) in [6.07, 6.45) is 1.91. The second kappa shape index (κ2) is 10.3. The van der Waals surface area contributed by atoms with Crippen LogP contribution < -0.4 is 9.46 Å².